The van der Waals surface area contributed by atoms with Crippen LogP contribution in [0.5, 0.6) is 0 Å². The second-order valence-electron chi connectivity index (χ2n) is 6.63. The second kappa shape index (κ2) is 8.72. The predicted octanol–water partition coefficient (Wildman–Crippen LogP) is 3.85. The van der Waals surface area contributed by atoms with Crippen LogP contribution in [-0.2, 0) is 11.3 Å². The van der Waals surface area contributed by atoms with Gasteiger partial charge in [-0.2, -0.15) is 0 Å². The second-order valence-corrected chi connectivity index (χ2v) is 6.63. The van der Waals surface area contributed by atoms with Gasteiger partial charge in [-0.25, -0.2) is 4.39 Å². The molecule has 0 spiro atoms. The SMILES string of the molecule is O=C(CCC1CCCN(Cc2ccccn2)C1)Nc1ccccc1F. The molecule has 132 valence electrons. The monoisotopic (exact) mass is 341 g/mol. The first-order chi connectivity index (χ1) is 12.2. The molecule has 1 N–H and O–H groups in total. The van der Waals surface area contributed by atoms with Gasteiger partial charge in [0.2, 0.25) is 5.91 Å². The van der Waals surface area contributed by atoms with Crippen molar-refractivity contribution < 1.29 is 9.18 Å². The smallest absolute Gasteiger partial charge is 0.224 e. The zero-order chi connectivity index (χ0) is 17.5. The number of hydrogen-bond donors (Lipinski definition) is 1. The number of halogens is 1. The Balaban J connectivity index is 1.45. The topological polar surface area (TPSA) is 45.2 Å². The number of benzene rings is 1. The molecule has 0 aliphatic carbocycles. The van der Waals surface area contributed by atoms with Crippen molar-refractivity contribution in [3.63, 3.8) is 0 Å². The minimum absolute atomic E-state index is 0.119. The van der Waals surface area contributed by atoms with Crippen molar-refractivity contribution in [3.05, 3.63) is 60.2 Å². The number of nitrogens with zero attached hydrogens (tertiary/aromatic N) is 2. The summed E-state index contributed by atoms with van der Waals surface area (Å²) in [5.41, 5.74) is 1.34. The van der Waals surface area contributed by atoms with E-state index in [1.807, 2.05) is 24.4 Å². The molecule has 1 aromatic carbocycles. The van der Waals surface area contributed by atoms with Crippen LogP contribution in [0.25, 0.3) is 0 Å². The summed E-state index contributed by atoms with van der Waals surface area (Å²) in [5, 5.41) is 2.66. The third kappa shape index (κ3) is 5.36. The zero-order valence-corrected chi connectivity index (χ0v) is 14.3. The first kappa shape index (κ1) is 17.5. The van der Waals surface area contributed by atoms with Gasteiger partial charge in [-0.3, -0.25) is 14.7 Å². The molecule has 3 rings (SSSR count). The summed E-state index contributed by atoms with van der Waals surface area (Å²) < 4.78 is 13.6. The van der Waals surface area contributed by atoms with E-state index in [4.69, 9.17) is 0 Å². The number of aromatic nitrogens is 1. The van der Waals surface area contributed by atoms with Gasteiger partial charge in [-0.1, -0.05) is 18.2 Å². The minimum Gasteiger partial charge on any atom is -0.324 e. The number of carbonyl (C=O) groups is 1. The molecule has 25 heavy (non-hydrogen) atoms. The molecular formula is C20H24FN3O. The molecule has 5 heteroatoms. The van der Waals surface area contributed by atoms with Gasteiger partial charge in [0.1, 0.15) is 5.82 Å². The van der Waals surface area contributed by atoms with Gasteiger partial charge in [0.05, 0.1) is 11.4 Å². The molecule has 1 saturated heterocycles. The van der Waals surface area contributed by atoms with E-state index in [9.17, 15) is 9.18 Å². The van der Waals surface area contributed by atoms with Gasteiger partial charge >= 0.3 is 0 Å². The summed E-state index contributed by atoms with van der Waals surface area (Å²) in [6.07, 6.45) is 5.37. The maximum atomic E-state index is 13.6. The summed E-state index contributed by atoms with van der Waals surface area (Å²) in [6.45, 7) is 2.93. The Kier molecular flexibility index (Phi) is 6.12. The number of nitrogens with one attached hydrogen (secondary N) is 1. The number of amides is 1. The molecule has 1 atom stereocenters. The van der Waals surface area contributed by atoms with Gasteiger partial charge in [0.15, 0.2) is 0 Å². The summed E-state index contributed by atoms with van der Waals surface area (Å²) in [4.78, 5) is 18.9. The van der Waals surface area contributed by atoms with E-state index < -0.39 is 5.82 Å². The van der Waals surface area contributed by atoms with Crippen molar-refractivity contribution in [1.82, 2.24) is 9.88 Å². The first-order valence-electron chi connectivity index (χ1n) is 8.87. The van der Waals surface area contributed by atoms with Crippen LogP contribution in [0, 0.1) is 11.7 Å². The molecule has 4 nitrogen and oxygen atoms in total. The van der Waals surface area contributed by atoms with Gasteiger partial charge in [-0.05, 0) is 56.0 Å². The summed E-state index contributed by atoms with van der Waals surface area (Å²) in [7, 11) is 0. The average molecular weight is 341 g/mol. The van der Waals surface area contributed by atoms with Crippen LogP contribution >= 0.6 is 0 Å². The van der Waals surface area contributed by atoms with Crippen LogP contribution in [0.15, 0.2) is 48.7 Å². The number of para-hydroxylation sites is 1. The van der Waals surface area contributed by atoms with E-state index in [-0.39, 0.29) is 11.6 Å². The van der Waals surface area contributed by atoms with Gasteiger partial charge in [-0.15, -0.1) is 0 Å². The highest BCUT2D eigenvalue weighted by Gasteiger charge is 2.21. The van der Waals surface area contributed by atoms with E-state index in [1.54, 1.807) is 18.2 Å². The molecule has 1 aliphatic rings. The van der Waals surface area contributed by atoms with Crippen LogP contribution in [0.2, 0.25) is 0 Å². The predicted molar refractivity (Wildman–Crippen MR) is 96.5 cm³/mol. The highest BCUT2D eigenvalue weighted by molar-refractivity contribution is 5.90. The van der Waals surface area contributed by atoms with Crippen LogP contribution in [-0.4, -0.2) is 28.9 Å². The fraction of sp³-hybridized carbons (Fsp3) is 0.400. The van der Waals surface area contributed by atoms with E-state index in [1.165, 1.54) is 6.07 Å². The molecule has 2 heterocycles. The molecular weight excluding hydrogens is 317 g/mol. The number of pyridine rings is 1. The van der Waals surface area contributed by atoms with Crippen molar-refractivity contribution in [2.45, 2.75) is 32.2 Å². The Morgan fingerprint density at radius 1 is 1.24 bits per heavy atom. The summed E-state index contributed by atoms with van der Waals surface area (Å²) in [6, 6.07) is 12.3. The summed E-state index contributed by atoms with van der Waals surface area (Å²) in [5.74, 6) is -0.00849. The number of hydrogen-bond acceptors (Lipinski definition) is 3. The minimum atomic E-state index is -0.393. The van der Waals surface area contributed by atoms with E-state index in [0.717, 1.165) is 44.6 Å². The van der Waals surface area contributed by atoms with Crippen molar-refractivity contribution in [2.24, 2.45) is 5.92 Å². The Morgan fingerprint density at radius 3 is 2.88 bits per heavy atom. The van der Waals surface area contributed by atoms with Crippen LogP contribution < -0.4 is 5.32 Å². The summed E-state index contributed by atoms with van der Waals surface area (Å²) >= 11 is 0. The van der Waals surface area contributed by atoms with Crippen LogP contribution in [0.1, 0.15) is 31.4 Å². The van der Waals surface area contributed by atoms with Crippen LogP contribution in [0.4, 0.5) is 10.1 Å². The number of rotatable bonds is 6. The van der Waals surface area contributed by atoms with Crippen molar-refractivity contribution >= 4 is 11.6 Å². The largest absolute Gasteiger partial charge is 0.324 e. The lowest BCUT2D eigenvalue weighted by Crippen LogP contribution is -2.35. The van der Waals surface area contributed by atoms with Crippen molar-refractivity contribution in [1.29, 1.82) is 0 Å². The normalized spacial score (nSPS) is 18.0. The number of anilines is 1. The lowest BCUT2D eigenvalue weighted by molar-refractivity contribution is -0.116. The fourth-order valence-corrected chi connectivity index (χ4v) is 3.36. The van der Waals surface area contributed by atoms with Gasteiger partial charge < -0.3 is 5.32 Å². The number of carbonyl (C=O) groups excluding carboxylic acids is 1. The van der Waals surface area contributed by atoms with Gasteiger partial charge in [0, 0.05) is 25.7 Å². The Morgan fingerprint density at radius 2 is 2.08 bits per heavy atom. The maximum Gasteiger partial charge on any atom is 0.224 e. The lowest BCUT2D eigenvalue weighted by Gasteiger charge is -2.32. The molecule has 1 unspecified atom stereocenters. The Hall–Kier alpha value is -2.27. The molecule has 0 saturated carbocycles. The van der Waals surface area contributed by atoms with Crippen molar-refractivity contribution in [3.8, 4) is 0 Å². The van der Waals surface area contributed by atoms with Crippen LogP contribution in [0.3, 0.4) is 0 Å². The molecule has 0 bridgehead atoms. The van der Waals surface area contributed by atoms with E-state index in [0.29, 0.717) is 12.3 Å². The Labute approximate surface area is 148 Å². The molecule has 1 fully saturated rings. The quantitative estimate of drug-likeness (QED) is 0.868. The maximum absolute atomic E-state index is 13.6. The third-order valence-corrected chi connectivity index (χ3v) is 4.64. The Bertz CT molecular complexity index is 692. The highest BCUT2D eigenvalue weighted by Crippen LogP contribution is 2.22. The fourth-order valence-electron chi connectivity index (χ4n) is 3.36. The molecule has 1 aromatic heterocycles. The number of likely N-dealkylation sites (tertiary alicyclic amines) is 1. The van der Waals surface area contributed by atoms with Crippen molar-refractivity contribution in [2.75, 3.05) is 18.4 Å². The third-order valence-electron chi connectivity index (χ3n) is 4.64. The average Bonchev–Trinajstić information content (AvgIpc) is 2.63. The van der Waals surface area contributed by atoms with E-state index in [2.05, 4.69) is 15.2 Å². The highest BCUT2D eigenvalue weighted by atomic mass is 19.1. The lowest BCUT2D eigenvalue weighted by atomic mass is 9.93. The standard InChI is InChI=1S/C20H24FN3O/c21-18-8-1-2-9-19(18)23-20(25)11-10-16-6-5-13-24(14-16)15-17-7-3-4-12-22-17/h1-4,7-9,12,16H,5-6,10-11,13-15H2,(H,23,25). The molecule has 1 aliphatic heterocycles. The molecule has 1 amide bonds. The molecule has 2 aromatic rings. The number of piperidine rings is 1. The zero-order valence-electron chi connectivity index (χ0n) is 14.3. The molecule has 0 radical (unpaired) electrons. The van der Waals surface area contributed by atoms with E-state index >= 15 is 0 Å². The van der Waals surface area contributed by atoms with Gasteiger partial charge in [0.25, 0.3) is 0 Å². The first-order valence-corrected chi connectivity index (χ1v) is 8.87.